The second-order valence-electron chi connectivity index (χ2n) is 5.40. The molecule has 0 radical (unpaired) electrons. The zero-order valence-corrected chi connectivity index (χ0v) is 11.9. The van der Waals surface area contributed by atoms with Crippen LogP contribution in [0.4, 0.5) is 0 Å². The van der Waals surface area contributed by atoms with E-state index >= 15 is 0 Å². The lowest BCUT2D eigenvalue weighted by molar-refractivity contribution is -0.133. The van der Waals surface area contributed by atoms with E-state index in [4.69, 9.17) is 0 Å². The summed E-state index contributed by atoms with van der Waals surface area (Å²) in [5.41, 5.74) is 0. The van der Waals surface area contributed by atoms with E-state index in [2.05, 4.69) is 13.8 Å². The largest absolute Gasteiger partial charge is 0.341 e. The van der Waals surface area contributed by atoms with Crippen molar-refractivity contribution in [3.05, 3.63) is 0 Å². The van der Waals surface area contributed by atoms with Crippen LogP contribution in [0.5, 0.6) is 0 Å². The predicted octanol–water partition coefficient (Wildman–Crippen LogP) is 1.89. The van der Waals surface area contributed by atoms with Gasteiger partial charge in [0.25, 0.3) is 0 Å². The van der Waals surface area contributed by atoms with Gasteiger partial charge >= 0.3 is 0 Å². The fourth-order valence-corrected chi connectivity index (χ4v) is 2.21. The maximum absolute atomic E-state index is 12.0. The minimum atomic E-state index is 0.200. The van der Waals surface area contributed by atoms with Gasteiger partial charge in [0.2, 0.25) is 11.8 Å². The van der Waals surface area contributed by atoms with E-state index in [1.807, 2.05) is 16.7 Å². The monoisotopic (exact) mass is 254 g/mol. The van der Waals surface area contributed by atoms with Gasteiger partial charge in [-0.15, -0.1) is 0 Å². The Bertz CT molecular complexity index is 290. The number of rotatable bonds is 4. The van der Waals surface area contributed by atoms with E-state index in [-0.39, 0.29) is 11.8 Å². The molecular formula is C14H26N2O2. The summed E-state index contributed by atoms with van der Waals surface area (Å²) in [5.74, 6) is 1.01. The topological polar surface area (TPSA) is 40.6 Å². The summed E-state index contributed by atoms with van der Waals surface area (Å²) in [4.78, 5) is 27.5. The van der Waals surface area contributed by atoms with Crippen molar-refractivity contribution >= 4 is 11.8 Å². The van der Waals surface area contributed by atoms with Gasteiger partial charge in [-0.3, -0.25) is 9.59 Å². The summed E-state index contributed by atoms with van der Waals surface area (Å²) in [6, 6.07) is 0. The Morgan fingerprint density at radius 1 is 1.00 bits per heavy atom. The van der Waals surface area contributed by atoms with Crippen molar-refractivity contribution in [2.24, 2.45) is 5.92 Å². The summed E-state index contributed by atoms with van der Waals surface area (Å²) in [7, 11) is 0. The van der Waals surface area contributed by atoms with Crippen molar-refractivity contribution < 1.29 is 9.59 Å². The lowest BCUT2D eigenvalue weighted by Gasteiger charge is -2.22. The molecular weight excluding hydrogens is 228 g/mol. The highest BCUT2D eigenvalue weighted by Crippen LogP contribution is 2.10. The highest BCUT2D eigenvalue weighted by molar-refractivity contribution is 5.77. The molecule has 18 heavy (non-hydrogen) atoms. The minimum Gasteiger partial charge on any atom is -0.341 e. The molecule has 1 fully saturated rings. The highest BCUT2D eigenvalue weighted by Gasteiger charge is 2.20. The normalized spacial score (nSPS) is 16.9. The van der Waals surface area contributed by atoms with Crippen LogP contribution in [0.15, 0.2) is 0 Å². The lowest BCUT2D eigenvalue weighted by Crippen LogP contribution is -2.37. The van der Waals surface area contributed by atoms with Crippen LogP contribution in [-0.2, 0) is 9.59 Å². The van der Waals surface area contributed by atoms with E-state index < -0.39 is 0 Å². The van der Waals surface area contributed by atoms with Gasteiger partial charge in [-0.2, -0.15) is 0 Å². The van der Waals surface area contributed by atoms with E-state index in [0.29, 0.717) is 31.8 Å². The first-order chi connectivity index (χ1) is 8.54. The molecule has 0 N–H and O–H groups in total. The standard InChI is InChI=1S/C14H26N2O2/c1-4-13(17)15-8-5-9-16(11-10-15)14(18)7-6-12(2)3/h12H,4-11H2,1-3H3. The molecule has 0 aliphatic carbocycles. The molecule has 1 aliphatic heterocycles. The molecule has 0 saturated carbocycles. The van der Waals surface area contributed by atoms with Crippen molar-refractivity contribution in [3.8, 4) is 0 Å². The predicted molar refractivity (Wildman–Crippen MR) is 72.1 cm³/mol. The van der Waals surface area contributed by atoms with Crippen LogP contribution >= 0.6 is 0 Å². The number of carbonyl (C=O) groups is 2. The fraction of sp³-hybridized carbons (Fsp3) is 0.857. The number of nitrogens with zero attached hydrogens (tertiary/aromatic N) is 2. The zero-order valence-electron chi connectivity index (χ0n) is 11.9. The third-order valence-electron chi connectivity index (χ3n) is 3.44. The molecule has 1 rings (SSSR count). The molecule has 0 aromatic carbocycles. The van der Waals surface area contributed by atoms with Crippen LogP contribution in [0, 0.1) is 5.92 Å². The summed E-state index contributed by atoms with van der Waals surface area (Å²) in [5, 5.41) is 0. The highest BCUT2D eigenvalue weighted by atomic mass is 16.2. The Morgan fingerprint density at radius 3 is 2.06 bits per heavy atom. The number of carbonyl (C=O) groups excluding carboxylic acids is 2. The van der Waals surface area contributed by atoms with Crippen LogP contribution < -0.4 is 0 Å². The second-order valence-corrected chi connectivity index (χ2v) is 5.40. The number of hydrogen-bond acceptors (Lipinski definition) is 2. The summed E-state index contributed by atoms with van der Waals surface area (Å²) < 4.78 is 0. The third kappa shape index (κ3) is 4.67. The number of hydrogen-bond donors (Lipinski definition) is 0. The fourth-order valence-electron chi connectivity index (χ4n) is 2.21. The van der Waals surface area contributed by atoms with Crippen LogP contribution in [-0.4, -0.2) is 47.8 Å². The number of amides is 2. The molecule has 0 aromatic heterocycles. The molecule has 104 valence electrons. The summed E-state index contributed by atoms with van der Waals surface area (Å²) in [6.07, 6.45) is 3.05. The molecule has 2 amide bonds. The molecule has 0 atom stereocenters. The first kappa shape index (κ1) is 15.0. The van der Waals surface area contributed by atoms with Crippen molar-refractivity contribution in [2.75, 3.05) is 26.2 Å². The third-order valence-corrected chi connectivity index (χ3v) is 3.44. The molecule has 4 heteroatoms. The van der Waals surface area contributed by atoms with Gasteiger partial charge in [-0.25, -0.2) is 0 Å². The molecule has 1 saturated heterocycles. The van der Waals surface area contributed by atoms with Crippen LogP contribution in [0.3, 0.4) is 0 Å². The van der Waals surface area contributed by atoms with Gasteiger partial charge in [0.05, 0.1) is 0 Å². The Hall–Kier alpha value is -1.06. The second kappa shape index (κ2) is 7.39. The van der Waals surface area contributed by atoms with E-state index in [1.54, 1.807) is 0 Å². The first-order valence-corrected chi connectivity index (χ1v) is 7.10. The molecule has 4 nitrogen and oxygen atoms in total. The smallest absolute Gasteiger partial charge is 0.222 e. The van der Waals surface area contributed by atoms with Crippen LogP contribution in [0.1, 0.15) is 46.5 Å². The van der Waals surface area contributed by atoms with Crippen molar-refractivity contribution in [1.82, 2.24) is 9.80 Å². The van der Waals surface area contributed by atoms with Gasteiger partial charge in [-0.1, -0.05) is 20.8 Å². The van der Waals surface area contributed by atoms with E-state index in [0.717, 1.165) is 25.9 Å². The van der Waals surface area contributed by atoms with Crippen molar-refractivity contribution in [1.29, 1.82) is 0 Å². The average molecular weight is 254 g/mol. The maximum atomic E-state index is 12.0. The summed E-state index contributed by atoms with van der Waals surface area (Å²) >= 11 is 0. The molecule has 1 heterocycles. The first-order valence-electron chi connectivity index (χ1n) is 7.10. The molecule has 0 spiro atoms. The van der Waals surface area contributed by atoms with Gasteiger partial charge in [0.15, 0.2) is 0 Å². The van der Waals surface area contributed by atoms with Gasteiger partial charge < -0.3 is 9.80 Å². The summed E-state index contributed by atoms with van der Waals surface area (Å²) in [6.45, 7) is 9.14. The Kier molecular flexibility index (Phi) is 6.16. The Morgan fingerprint density at radius 2 is 1.56 bits per heavy atom. The van der Waals surface area contributed by atoms with Crippen molar-refractivity contribution in [3.63, 3.8) is 0 Å². The molecule has 0 aromatic rings. The minimum absolute atomic E-state index is 0.200. The SMILES string of the molecule is CCC(=O)N1CCCN(C(=O)CCC(C)C)CC1. The Labute approximate surface area is 110 Å². The van der Waals surface area contributed by atoms with Crippen molar-refractivity contribution in [2.45, 2.75) is 46.5 Å². The van der Waals surface area contributed by atoms with Gasteiger partial charge in [0.1, 0.15) is 0 Å². The molecule has 1 aliphatic rings. The Balaban J connectivity index is 2.41. The molecule has 0 unspecified atom stereocenters. The van der Waals surface area contributed by atoms with E-state index in [1.165, 1.54) is 0 Å². The quantitative estimate of drug-likeness (QED) is 0.768. The zero-order chi connectivity index (χ0) is 13.5. The average Bonchev–Trinajstić information content (AvgIpc) is 2.60. The lowest BCUT2D eigenvalue weighted by atomic mass is 10.1. The van der Waals surface area contributed by atoms with Gasteiger partial charge in [-0.05, 0) is 18.8 Å². The van der Waals surface area contributed by atoms with Crippen LogP contribution in [0.2, 0.25) is 0 Å². The van der Waals surface area contributed by atoms with Crippen LogP contribution in [0.25, 0.3) is 0 Å². The van der Waals surface area contributed by atoms with E-state index in [9.17, 15) is 9.59 Å². The van der Waals surface area contributed by atoms with Gasteiger partial charge in [0, 0.05) is 39.0 Å². The molecule has 0 bridgehead atoms. The maximum Gasteiger partial charge on any atom is 0.222 e.